The fourth-order valence-electron chi connectivity index (χ4n) is 2.43. The molecule has 2 rings (SSSR count). The maximum atomic E-state index is 12.8. The number of carboxylic acids is 1. The van der Waals surface area contributed by atoms with Crippen LogP contribution in [0.5, 0.6) is 5.75 Å². The molecule has 6 heteroatoms. The smallest absolute Gasteiger partial charge is 0.416 e. The minimum absolute atomic E-state index is 0.0364. The number of halogens is 3. The van der Waals surface area contributed by atoms with E-state index in [9.17, 15) is 18.0 Å². The largest absolute Gasteiger partial charge is 0.491 e. The van der Waals surface area contributed by atoms with Gasteiger partial charge >= 0.3 is 12.1 Å². The van der Waals surface area contributed by atoms with Gasteiger partial charge in [0.1, 0.15) is 5.75 Å². The van der Waals surface area contributed by atoms with Gasteiger partial charge in [-0.25, -0.2) is 4.79 Å². The van der Waals surface area contributed by atoms with Crippen LogP contribution in [-0.2, 0) is 11.0 Å². The zero-order valence-corrected chi connectivity index (χ0v) is 14.8. The average Bonchev–Trinajstić information content (AvgIpc) is 2.57. The molecule has 0 aliphatic heterocycles. The number of hydrogen-bond donors (Lipinski definition) is 1. The van der Waals surface area contributed by atoms with Crippen molar-refractivity contribution in [2.24, 2.45) is 0 Å². The van der Waals surface area contributed by atoms with Gasteiger partial charge in [0.15, 0.2) is 0 Å². The van der Waals surface area contributed by atoms with E-state index in [0.717, 1.165) is 18.2 Å². The first kappa shape index (κ1) is 20.3. The molecular formula is C21H19F3O3. The summed E-state index contributed by atoms with van der Waals surface area (Å²) in [6, 6.07) is 11.8. The van der Waals surface area contributed by atoms with Crippen LogP contribution in [0.4, 0.5) is 13.2 Å². The van der Waals surface area contributed by atoms with Crippen molar-refractivity contribution < 1.29 is 27.8 Å². The molecule has 0 aromatic heterocycles. The van der Waals surface area contributed by atoms with Crippen molar-refractivity contribution in [2.45, 2.75) is 26.1 Å². The van der Waals surface area contributed by atoms with Crippen LogP contribution in [0.15, 0.2) is 66.8 Å². The van der Waals surface area contributed by atoms with E-state index in [1.807, 2.05) is 13.8 Å². The molecule has 2 aromatic carbocycles. The van der Waals surface area contributed by atoms with E-state index in [2.05, 4.69) is 0 Å². The number of aliphatic carboxylic acids is 1. The lowest BCUT2D eigenvalue weighted by atomic mass is 9.96. The third-order valence-electron chi connectivity index (χ3n) is 3.54. The molecule has 142 valence electrons. The molecule has 0 aliphatic rings. The van der Waals surface area contributed by atoms with Gasteiger partial charge in [0.05, 0.1) is 11.7 Å². The second-order valence-electron chi connectivity index (χ2n) is 6.05. The van der Waals surface area contributed by atoms with Crippen LogP contribution in [0.25, 0.3) is 5.57 Å². The van der Waals surface area contributed by atoms with Crippen molar-refractivity contribution >= 4 is 11.5 Å². The van der Waals surface area contributed by atoms with Crippen LogP contribution in [0, 0.1) is 0 Å². The summed E-state index contributed by atoms with van der Waals surface area (Å²) in [5.41, 5.74) is 1.06. The van der Waals surface area contributed by atoms with Crippen LogP contribution in [0.3, 0.4) is 0 Å². The molecule has 0 fully saturated rings. The minimum Gasteiger partial charge on any atom is -0.491 e. The van der Waals surface area contributed by atoms with E-state index in [0.29, 0.717) is 22.4 Å². The molecular weight excluding hydrogens is 357 g/mol. The van der Waals surface area contributed by atoms with Crippen molar-refractivity contribution in [2.75, 3.05) is 0 Å². The van der Waals surface area contributed by atoms with E-state index in [-0.39, 0.29) is 6.10 Å². The molecule has 3 nitrogen and oxygen atoms in total. The molecule has 0 bridgehead atoms. The Balaban J connectivity index is 2.48. The standard InChI is InChI=1S/C21H19F3O3/c1-14(2)27-18-6-3-5-16(13-18)19(7-4-8-20(25)26)15-9-11-17(12-10-15)21(22,23)24/h3-14H,1-2H3,(H,25,26). The van der Waals surface area contributed by atoms with Crippen molar-refractivity contribution in [1.29, 1.82) is 0 Å². The van der Waals surface area contributed by atoms with Crippen molar-refractivity contribution in [3.63, 3.8) is 0 Å². The first-order chi connectivity index (χ1) is 12.7. The molecule has 0 saturated heterocycles. The van der Waals surface area contributed by atoms with E-state index >= 15 is 0 Å². The number of allylic oxidation sites excluding steroid dienone is 2. The lowest BCUT2D eigenvalue weighted by molar-refractivity contribution is -0.137. The molecule has 1 N–H and O–H groups in total. The highest BCUT2D eigenvalue weighted by Crippen LogP contribution is 2.32. The molecule has 0 heterocycles. The quantitative estimate of drug-likeness (QED) is 0.530. The molecule has 0 radical (unpaired) electrons. The second kappa shape index (κ2) is 8.58. The van der Waals surface area contributed by atoms with Crippen LogP contribution >= 0.6 is 0 Å². The number of hydrogen-bond acceptors (Lipinski definition) is 2. The Morgan fingerprint density at radius 3 is 2.30 bits per heavy atom. The zero-order valence-electron chi connectivity index (χ0n) is 14.8. The minimum atomic E-state index is -4.42. The molecule has 2 aromatic rings. The Morgan fingerprint density at radius 1 is 1.07 bits per heavy atom. The highest BCUT2D eigenvalue weighted by Gasteiger charge is 2.30. The van der Waals surface area contributed by atoms with Gasteiger partial charge in [-0.15, -0.1) is 0 Å². The topological polar surface area (TPSA) is 46.5 Å². The van der Waals surface area contributed by atoms with Crippen molar-refractivity contribution in [1.82, 2.24) is 0 Å². The van der Waals surface area contributed by atoms with Gasteiger partial charge in [0.2, 0.25) is 0 Å². The Kier molecular flexibility index (Phi) is 6.45. The SMILES string of the molecule is CC(C)Oc1cccc(C(=CC=CC(=O)O)c2ccc(C(F)(F)F)cc2)c1. The predicted octanol–water partition coefficient (Wildman–Crippen LogP) is 5.57. The summed E-state index contributed by atoms with van der Waals surface area (Å²) in [6.07, 6.45) is -0.614. The third kappa shape index (κ3) is 6.02. The van der Waals surface area contributed by atoms with Gasteiger partial charge in [0.25, 0.3) is 0 Å². The van der Waals surface area contributed by atoms with E-state index in [1.165, 1.54) is 18.2 Å². The molecule has 0 aliphatic carbocycles. The molecule has 0 spiro atoms. The monoisotopic (exact) mass is 376 g/mol. The van der Waals surface area contributed by atoms with Gasteiger partial charge in [-0.3, -0.25) is 0 Å². The third-order valence-corrected chi connectivity index (χ3v) is 3.54. The van der Waals surface area contributed by atoms with Crippen LogP contribution in [0.1, 0.15) is 30.5 Å². The average molecular weight is 376 g/mol. The molecule has 0 saturated carbocycles. The van der Waals surface area contributed by atoms with Gasteiger partial charge in [-0.05, 0) is 54.8 Å². The second-order valence-corrected chi connectivity index (χ2v) is 6.05. The number of alkyl halides is 3. The lowest BCUT2D eigenvalue weighted by Gasteiger charge is -2.14. The number of ether oxygens (including phenoxy) is 1. The predicted molar refractivity (Wildman–Crippen MR) is 97.5 cm³/mol. The van der Waals surface area contributed by atoms with E-state index in [1.54, 1.807) is 30.3 Å². The van der Waals surface area contributed by atoms with Gasteiger partial charge in [-0.2, -0.15) is 13.2 Å². The highest BCUT2D eigenvalue weighted by atomic mass is 19.4. The molecule has 0 unspecified atom stereocenters. The summed E-state index contributed by atoms with van der Waals surface area (Å²) in [5.74, 6) is -0.502. The fraction of sp³-hybridized carbons (Fsp3) is 0.190. The number of benzene rings is 2. The Hall–Kier alpha value is -3.02. The highest BCUT2D eigenvalue weighted by molar-refractivity contribution is 5.84. The summed E-state index contributed by atoms with van der Waals surface area (Å²) in [5, 5.41) is 8.78. The summed E-state index contributed by atoms with van der Waals surface area (Å²) in [4.78, 5) is 10.7. The Morgan fingerprint density at radius 2 is 1.74 bits per heavy atom. The van der Waals surface area contributed by atoms with Gasteiger partial charge in [0, 0.05) is 6.08 Å². The van der Waals surface area contributed by atoms with Gasteiger partial charge in [-0.1, -0.05) is 36.4 Å². The van der Waals surface area contributed by atoms with E-state index < -0.39 is 17.7 Å². The van der Waals surface area contributed by atoms with Gasteiger partial charge < -0.3 is 9.84 Å². The summed E-state index contributed by atoms with van der Waals surface area (Å²) < 4.78 is 44.1. The van der Waals surface area contributed by atoms with Crippen LogP contribution < -0.4 is 4.74 Å². The Labute approximate surface area is 155 Å². The number of carboxylic acid groups (broad SMARTS) is 1. The number of rotatable bonds is 6. The molecule has 0 atom stereocenters. The molecule has 0 amide bonds. The summed E-state index contributed by atoms with van der Waals surface area (Å²) in [6.45, 7) is 3.77. The van der Waals surface area contributed by atoms with Crippen LogP contribution in [0.2, 0.25) is 0 Å². The van der Waals surface area contributed by atoms with E-state index in [4.69, 9.17) is 9.84 Å². The molecule has 27 heavy (non-hydrogen) atoms. The van der Waals surface area contributed by atoms with Crippen molar-refractivity contribution in [3.05, 3.63) is 83.4 Å². The maximum Gasteiger partial charge on any atom is 0.416 e. The summed E-state index contributed by atoms with van der Waals surface area (Å²) >= 11 is 0. The van der Waals surface area contributed by atoms with Crippen molar-refractivity contribution in [3.8, 4) is 5.75 Å². The van der Waals surface area contributed by atoms with Crippen LogP contribution in [-0.4, -0.2) is 17.2 Å². The Bertz CT molecular complexity index is 848. The fourth-order valence-corrected chi connectivity index (χ4v) is 2.43. The number of carbonyl (C=O) groups is 1. The normalized spacial score (nSPS) is 12.6. The lowest BCUT2D eigenvalue weighted by Crippen LogP contribution is -2.06. The summed E-state index contributed by atoms with van der Waals surface area (Å²) in [7, 11) is 0. The maximum absolute atomic E-state index is 12.8. The zero-order chi connectivity index (χ0) is 20.0. The first-order valence-corrected chi connectivity index (χ1v) is 8.23. The first-order valence-electron chi connectivity index (χ1n) is 8.23.